The fourth-order valence-corrected chi connectivity index (χ4v) is 3.03. The summed E-state index contributed by atoms with van der Waals surface area (Å²) in [4.78, 5) is 15.0. The van der Waals surface area contributed by atoms with Gasteiger partial charge < -0.3 is 4.74 Å². The highest BCUT2D eigenvalue weighted by atomic mass is 79.9. The maximum absolute atomic E-state index is 11.7. The van der Waals surface area contributed by atoms with Crippen LogP contribution in [0.5, 0.6) is 0 Å². The molecule has 1 aromatic heterocycles. The first-order chi connectivity index (χ1) is 8.60. The lowest BCUT2D eigenvalue weighted by Crippen LogP contribution is -2.30. The Morgan fingerprint density at radius 2 is 2.56 bits per heavy atom. The Balaban J connectivity index is 2.78. The Morgan fingerprint density at radius 3 is 3.06 bits per heavy atom. The van der Waals surface area contributed by atoms with Gasteiger partial charge in [0.1, 0.15) is 10.4 Å². The van der Waals surface area contributed by atoms with E-state index in [1.54, 1.807) is 6.07 Å². The summed E-state index contributed by atoms with van der Waals surface area (Å²) in [5.74, 6) is -0.415. The molecule has 1 atom stereocenters. The molecule has 0 aliphatic heterocycles. The van der Waals surface area contributed by atoms with Gasteiger partial charge in [-0.25, -0.2) is 4.79 Å². The van der Waals surface area contributed by atoms with E-state index in [1.165, 1.54) is 18.4 Å². The SMILES string of the molecule is COC(=O)C(NCCN=[N+]=[N-])c1cc(Br)c(Cl)s1. The van der Waals surface area contributed by atoms with Crippen molar-refractivity contribution in [3.63, 3.8) is 0 Å². The van der Waals surface area contributed by atoms with Crippen LogP contribution in [0.3, 0.4) is 0 Å². The monoisotopic (exact) mass is 352 g/mol. The minimum atomic E-state index is -0.613. The molecule has 1 unspecified atom stereocenters. The van der Waals surface area contributed by atoms with Gasteiger partial charge in [-0.3, -0.25) is 5.32 Å². The molecule has 0 spiro atoms. The van der Waals surface area contributed by atoms with Gasteiger partial charge in [-0.1, -0.05) is 16.7 Å². The van der Waals surface area contributed by atoms with Crippen molar-refractivity contribution in [3.8, 4) is 0 Å². The molecule has 0 bridgehead atoms. The van der Waals surface area contributed by atoms with E-state index >= 15 is 0 Å². The second-order valence-electron chi connectivity index (χ2n) is 3.14. The Labute approximate surface area is 121 Å². The van der Waals surface area contributed by atoms with Crippen molar-refractivity contribution in [1.29, 1.82) is 0 Å². The Morgan fingerprint density at radius 1 is 1.83 bits per heavy atom. The number of carbonyl (C=O) groups excluding carboxylic acids is 1. The normalized spacial score (nSPS) is 11.7. The van der Waals surface area contributed by atoms with E-state index in [0.717, 1.165) is 9.35 Å². The van der Waals surface area contributed by atoms with Crippen LogP contribution in [0.25, 0.3) is 10.4 Å². The van der Waals surface area contributed by atoms with E-state index < -0.39 is 12.0 Å². The zero-order valence-corrected chi connectivity index (χ0v) is 12.5. The molecule has 0 saturated carbocycles. The lowest BCUT2D eigenvalue weighted by Gasteiger charge is -2.13. The predicted octanol–water partition coefficient (Wildman–Crippen LogP) is 3.28. The third kappa shape index (κ3) is 4.15. The molecule has 0 fully saturated rings. The maximum atomic E-state index is 11.7. The Hall–Kier alpha value is -0.790. The molecule has 0 aliphatic rings. The van der Waals surface area contributed by atoms with E-state index in [4.69, 9.17) is 21.9 Å². The molecule has 0 radical (unpaired) electrons. The largest absolute Gasteiger partial charge is 0.468 e. The van der Waals surface area contributed by atoms with Gasteiger partial charge >= 0.3 is 5.97 Å². The fourth-order valence-electron chi connectivity index (χ4n) is 1.23. The molecule has 0 aliphatic carbocycles. The summed E-state index contributed by atoms with van der Waals surface area (Å²) in [6.45, 7) is 0.626. The predicted molar refractivity (Wildman–Crippen MR) is 73.8 cm³/mol. The minimum absolute atomic E-state index is 0.254. The third-order valence-electron chi connectivity index (χ3n) is 2.01. The van der Waals surface area contributed by atoms with Crippen molar-refractivity contribution in [2.24, 2.45) is 5.11 Å². The number of ether oxygens (including phenoxy) is 1. The molecular weight excluding hydrogens is 344 g/mol. The molecule has 0 saturated heterocycles. The molecule has 1 N–H and O–H groups in total. The van der Waals surface area contributed by atoms with E-state index in [2.05, 4.69) is 31.3 Å². The minimum Gasteiger partial charge on any atom is -0.468 e. The number of hydrogen-bond donors (Lipinski definition) is 1. The van der Waals surface area contributed by atoms with Crippen LogP contribution in [0.4, 0.5) is 0 Å². The summed E-state index contributed by atoms with van der Waals surface area (Å²) < 4.78 is 6.01. The van der Waals surface area contributed by atoms with Crippen LogP contribution in [-0.2, 0) is 9.53 Å². The molecule has 9 heteroatoms. The topological polar surface area (TPSA) is 87.1 Å². The summed E-state index contributed by atoms with van der Waals surface area (Å²) in [7, 11) is 1.31. The number of azide groups is 1. The van der Waals surface area contributed by atoms with Crippen LogP contribution in [0, 0.1) is 0 Å². The van der Waals surface area contributed by atoms with E-state index in [-0.39, 0.29) is 6.54 Å². The number of carbonyl (C=O) groups is 1. The van der Waals surface area contributed by atoms with Gasteiger partial charge in [0.25, 0.3) is 0 Å². The molecule has 1 rings (SSSR count). The van der Waals surface area contributed by atoms with Crippen LogP contribution in [-0.4, -0.2) is 26.2 Å². The summed E-state index contributed by atoms with van der Waals surface area (Å²) in [6, 6.07) is 1.15. The van der Waals surface area contributed by atoms with Gasteiger partial charge in [-0.05, 0) is 27.5 Å². The standard InChI is InChI=1S/C9H10BrClN4O2S/c1-17-9(16)7(13-2-3-14-15-12)6-4-5(10)8(11)18-6/h4,7,13H,2-3H2,1H3. The number of nitrogens with one attached hydrogen (secondary N) is 1. The van der Waals surface area contributed by atoms with Gasteiger partial charge in [0.05, 0.1) is 7.11 Å². The van der Waals surface area contributed by atoms with E-state index in [0.29, 0.717) is 10.9 Å². The molecule has 1 heterocycles. The highest BCUT2D eigenvalue weighted by Gasteiger charge is 2.23. The lowest BCUT2D eigenvalue weighted by molar-refractivity contribution is -0.143. The number of hydrogen-bond acceptors (Lipinski definition) is 5. The van der Waals surface area contributed by atoms with Crippen molar-refractivity contribution < 1.29 is 9.53 Å². The zero-order valence-electron chi connectivity index (χ0n) is 9.39. The average molecular weight is 354 g/mol. The number of esters is 1. The first-order valence-corrected chi connectivity index (χ1v) is 6.85. The summed E-state index contributed by atoms with van der Waals surface area (Å²) >= 11 is 10.5. The van der Waals surface area contributed by atoms with Crippen molar-refractivity contribution in [3.05, 3.63) is 30.2 Å². The molecule has 98 valence electrons. The molecule has 0 aromatic carbocycles. The fraction of sp³-hybridized carbons (Fsp3) is 0.444. The number of halogens is 2. The zero-order chi connectivity index (χ0) is 13.5. The smallest absolute Gasteiger partial charge is 0.328 e. The van der Waals surface area contributed by atoms with Crippen molar-refractivity contribution in [2.75, 3.05) is 20.2 Å². The van der Waals surface area contributed by atoms with Crippen LogP contribution < -0.4 is 5.32 Å². The number of methoxy groups -OCH3 is 1. The number of nitrogens with zero attached hydrogens (tertiary/aromatic N) is 3. The molecule has 0 amide bonds. The van der Waals surface area contributed by atoms with Crippen LogP contribution >= 0.6 is 38.9 Å². The first kappa shape index (κ1) is 15.3. The van der Waals surface area contributed by atoms with E-state index in [1.807, 2.05) is 0 Å². The van der Waals surface area contributed by atoms with Gasteiger partial charge in [-0.15, -0.1) is 11.3 Å². The van der Waals surface area contributed by atoms with Gasteiger partial charge in [0.15, 0.2) is 0 Å². The average Bonchev–Trinajstić information content (AvgIpc) is 2.68. The lowest BCUT2D eigenvalue weighted by atomic mass is 10.2. The van der Waals surface area contributed by atoms with E-state index in [9.17, 15) is 4.79 Å². The third-order valence-corrected chi connectivity index (χ3v) is 4.55. The van der Waals surface area contributed by atoms with Crippen LogP contribution in [0.2, 0.25) is 4.34 Å². The van der Waals surface area contributed by atoms with Crippen LogP contribution in [0.15, 0.2) is 15.7 Å². The molecule has 18 heavy (non-hydrogen) atoms. The second kappa shape index (κ2) is 7.60. The van der Waals surface area contributed by atoms with Gasteiger partial charge in [-0.2, -0.15) is 0 Å². The van der Waals surface area contributed by atoms with Crippen molar-refractivity contribution in [2.45, 2.75) is 6.04 Å². The van der Waals surface area contributed by atoms with Crippen molar-refractivity contribution >= 4 is 44.8 Å². The summed E-state index contributed by atoms with van der Waals surface area (Å²) in [6.07, 6.45) is 0. The van der Waals surface area contributed by atoms with Crippen molar-refractivity contribution in [1.82, 2.24) is 5.32 Å². The highest BCUT2D eigenvalue weighted by Crippen LogP contribution is 2.35. The van der Waals surface area contributed by atoms with Crippen LogP contribution in [0.1, 0.15) is 10.9 Å². The quantitative estimate of drug-likeness (QED) is 0.280. The molecule has 1 aromatic rings. The molecular formula is C9H10BrClN4O2S. The molecule has 6 nitrogen and oxygen atoms in total. The van der Waals surface area contributed by atoms with Gasteiger partial charge in [0.2, 0.25) is 0 Å². The van der Waals surface area contributed by atoms with Gasteiger partial charge in [0, 0.05) is 27.4 Å². The first-order valence-electron chi connectivity index (χ1n) is 4.87. The summed E-state index contributed by atoms with van der Waals surface area (Å²) in [5, 5.41) is 6.33. The Bertz CT molecular complexity index is 456. The Kier molecular flexibility index (Phi) is 6.45. The highest BCUT2D eigenvalue weighted by molar-refractivity contribution is 9.10. The second-order valence-corrected chi connectivity index (χ2v) is 5.68. The summed E-state index contributed by atoms with van der Waals surface area (Å²) in [5.41, 5.74) is 8.16. The number of rotatable bonds is 6. The number of thiophene rings is 1. The maximum Gasteiger partial charge on any atom is 0.328 e.